The van der Waals surface area contributed by atoms with E-state index in [1.54, 1.807) is 0 Å². The van der Waals surface area contributed by atoms with Crippen molar-refractivity contribution in [1.82, 2.24) is 10.2 Å². The number of nitrogens with one attached hydrogen (secondary N) is 2. The van der Waals surface area contributed by atoms with Crippen molar-refractivity contribution in [3.8, 4) is 5.75 Å². The second kappa shape index (κ2) is 9.22. The van der Waals surface area contributed by atoms with E-state index in [2.05, 4.69) is 20.8 Å². The molecule has 29 heavy (non-hydrogen) atoms. The molecule has 7 heteroatoms. The van der Waals surface area contributed by atoms with Gasteiger partial charge in [0.15, 0.2) is 0 Å². The summed E-state index contributed by atoms with van der Waals surface area (Å²) in [4.78, 5) is 13.1. The number of benzene rings is 2. The summed E-state index contributed by atoms with van der Waals surface area (Å²) >= 11 is 1.36. The summed E-state index contributed by atoms with van der Waals surface area (Å²) in [5.74, 6) is 1.04. The van der Waals surface area contributed by atoms with Crippen LogP contribution in [0.2, 0.25) is 0 Å². The van der Waals surface area contributed by atoms with Crippen LogP contribution in [0, 0.1) is 5.92 Å². The first-order chi connectivity index (χ1) is 14.2. The third kappa shape index (κ3) is 4.67. The van der Waals surface area contributed by atoms with Crippen LogP contribution in [-0.2, 0) is 0 Å². The van der Waals surface area contributed by atoms with Crippen molar-refractivity contribution in [1.29, 1.82) is 0 Å². The largest absolute Gasteiger partial charge is 0.493 e. The Hall–Kier alpha value is -2.67. The van der Waals surface area contributed by atoms with Crippen molar-refractivity contribution >= 4 is 38.3 Å². The van der Waals surface area contributed by atoms with Crippen LogP contribution in [0.25, 0.3) is 10.8 Å². The number of nitrogens with zero attached hydrogens (tertiary/aromatic N) is 2. The van der Waals surface area contributed by atoms with Gasteiger partial charge in [0, 0.05) is 6.54 Å². The lowest BCUT2D eigenvalue weighted by Gasteiger charge is -2.21. The fourth-order valence-electron chi connectivity index (χ4n) is 3.89. The molecular formula is C22H26N4O2S. The van der Waals surface area contributed by atoms with Gasteiger partial charge in [0.1, 0.15) is 5.75 Å². The molecule has 2 N–H and O–H groups in total. The van der Waals surface area contributed by atoms with E-state index in [1.165, 1.54) is 43.4 Å². The number of rotatable bonds is 7. The van der Waals surface area contributed by atoms with E-state index in [0.717, 1.165) is 22.4 Å². The Bertz CT molecular complexity index is 982. The van der Waals surface area contributed by atoms with Crippen LogP contribution >= 0.6 is 11.3 Å². The monoisotopic (exact) mass is 410 g/mol. The quantitative estimate of drug-likeness (QED) is 0.550. The van der Waals surface area contributed by atoms with Gasteiger partial charge in [-0.05, 0) is 42.5 Å². The van der Waals surface area contributed by atoms with E-state index in [0.29, 0.717) is 29.0 Å². The Balaban J connectivity index is 1.48. The molecule has 1 aliphatic rings. The molecule has 0 radical (unpaired) electrons. The predicted molar refractivity (Wildman–Crippen MR) is 118 cm³/mol. The average Bonchev–Trinajstić information content (AvgIpc) is 3.20. The van der Waals surface area contributed by atoms with Crippen LogP contribution < -0.4 is 15.4 Å². The van der Waals surface area contributed by atoms with Gasteiger partial charge in [0.2, 0.25) is 10.3 Å². The third-order valence-corrected chi connectivity index (χ3v) is 6.13. The zero-order valence-corrected chi connectivity index (χ0v) is 17.4. The highest BCUT2D eigenvalue weighted by Crippen LogP contribution is 2.30. The van der Waals surface area contributed by atoms with Gasteiger partial charge in [0.05, 0.1) is 12.2 Å². The van der Waals surface area contributed by atoms with Gasteiger partial charge in [-0.1, -0.05) is 60.9 Å². The summed E-state index contributed by atoms with van der Waals surface area (Å²) in [5, 5.41) is 17.7. The molecule has 1 aromatic heterocycles. The molecule has 0 atom stereocenters. The molecule has 1 saturated carbocycles. The molecule has 1 fully saturated rings. The summed E-state index contributed by atoms with van der Waals surface area (Å²) < 4.78 is 5.71. The van der Waals surface area contributed by atoms with E-state index < -0.39 is 0 Å². The first-order valence-electron chi connectivity index (χ1n) is 10.3. The molecule has 4 rings (SSSR count). The zero-order chi connectivity index (χ0) is 20.1. The summed E-state index contributed by atoms with van der Waals surface area (Å²) in [6, 6.07) is 11.6. The van der Waals surface area contributed by atoms with Crippen molar-refractivity contribution in [3.63, 3.8) is 0 Å². The fourth-order valence-corrected chi connectivity index (χ4v) is 4.53. The highest BCUT2D eigenvalue weighted by molar-refractivity contribution is 7.19. The van der Waals surface area contributed by atoms with E-state index >= 15 is 0 Å². The molecule has 6 nitrogen and oxygen atoms in total. The van der Waals surface area contributed by atoms with Crippen LogP contribution in [0.5, 0.6) is 5.75 Å². The van der Waals surface area contributed by atoms with Gasteiger partial charge >= 0.3 is 0 Å². The Morgan fingerprint density at radius 2 is 1.90 bits per heavy atom. The normalized spacial score (nSPS) is 14.7. The number of anilines is 2. The number of fused-ring (bicyclic) bond motifs is 1. The maximum atomic E-state index is 13.1. The summed E-state index contributed by atoms with van der Waals surface area (Å²) in [7, 11) is 0. The number of aromatic nitrogens is 2. The second-order valence-corrected chi connectivity index (χ2v) is 8.32. The Morgan fingerprint density at radius 3 is 2.72 bits per heavy atom. The highest BCUT2D eigenvalue weighted by Gasteiger charge is 2.19. The lowest BCUT2D eigenvalue weighted by Crippen LogP contribution is -2.16. The lowest BCUT2D eigenvalue weighted by atomic mass is 9.89. The summed E-state index contributed by atoms with van der Waals surface area (Å²) in [6.45, 7) is 3.32. The SMILES string of the molecule is CCOc1ccc2ccccc2c1C(=O)Nc1nnc(NCC2CCCCC2)s1. The van der Waals surface area contributed by atoms with Gasteiger partial charge in [-0.25, -0.2) is 0 Å². The molecule has 1 aliphatic carbocycles. The number of hydrogen-bond acceptors (Lipinski definition) is 6. The van der Waals surface area contributed by atoms with Crippen LogP contribution in [0.1, 0.15) is 49.4 Å². The van der Waals surface area contributed by atoms with E-state index in [1.807, 2.05) is 43.3 Å². The van der Waals surface area contributed by atoms with Gasteiger partial charge in [-0.15, -0.1) is 10.2 Å². The molecule has 0 saturated heterocycles. The number of carbonyl (C=O) groups excluding carboxylic acids is 1. The van der Waals surface area contributed by atoms with Crippen LogP contribution in [0.4, 0.5) is 10.3 Å². The summed E-state index contributed by atoms with van der Waals surface area (Å²) in [6.07, 6.45) is 6.53. The minimum absolute atomic E-state index is 0.236. The highest BCUT2D eigenvalue weighted by atomic mass is 32.1. The molecule has 152 valence electrons. The van der Waals surface area contributed by atoms with E-state index in [9.17, 15) is 4.79 Å². The van der Waals surface area contributed by atoms with E-state index in [-0.39, 0.29) is 5.91 Å². The van der Waals surface area contributed by atoms with Crippen molar-refractivity contribution < 1.29 is 9.53 Å². The van der Waals surface area contributed by atoms with Crippen molar-refractivity contribution in [2.75, 3.05) is 23.8 Å². The van der Waals surface area contributed by atoms with Gasteiger partial charge in [-0.2, -0.15) is 0 Å². The van der Waals surface area contributed by atoms with Crippen molar-refractivity contribution in [2.45, 2.75) is 39.0 Å². The topological polar surface area (TPSA) is 76.1 Å². The Morgan fingerprint density at radius 1 is 1.10 bits per heavy atom. The minimum atomic E-state index is -0.236. The maximum absolute atomic E-state index is 13.1. The zero-order valence-electron chi connectivity index (χ0n) is 16.6. The first-order valence-corrected chi connectivity index (χ1v) is 11.1. The lowest BCUT2D eigenvalue weighted by molar-refractivity contribution is 0.102. The predicted octanol–water partition coefficient (Wildman–Crippen LogP) is 5.33. The molecule has 3 aromatic rings. The molecule has 2 aromatic carbocycles. The van der Waals surface area contributed by atoms with E-state index in [4.69, 9.17) is 4.74 Å². The molecule has 0 aliphatic heterocycles. The average molecular weight is 411 g/mol. The van der Waals surface area contributed by atoms with Crippen molar-refractivity contribution in [2.24, 2.45) is 5.92 Å². The second-order valence-electron chi connectivity index (χ2n) is 7.34. The molecule has 0 bridgehead atoms. The van der Waals surface area contributed by atoms with Crippen LogP contribution in [0.3, 0.4) is 0 Å². The molecule has 0 spiro atoms. The van der Waals surface area contributed by atoms with Gasteiger partial charge < -0.3 is 10.1 Å². The number of hydrogen-bond donors (Lipinski definition) is 2. The van der Waals surface area contributed by atoms with Gasteiger partial charge in [0.25, 0.3) is 5.91 Å². The van der Waals surface area contributed by atoms with Crippen molar-refractivity contribution in [3.05, 3.63) is 42.0 Å². The number of carbonyl (C=O) groups is 1. The molecular weight excluding hydrogens is 384 g/mol. The number of amides is 1. The number of ether oxygens (including phenoxy) is 1. The Labute approximate surface area is 174 Å². The molecule has 0 unspecified atom stereocenters. The maximum Gasteiger partial charge on any atom is 0.261 e. The third-order valence-electron chi connectivity index (χ3n) is 5.33. The van der Waals surface area contributed by atoms with Crippen LogP contribution in [0.15, 0.2) is 36.4 Å². The first kappa shape index (κ1) is 19.6. The molecule has 1 heterocycles. The fraction of sp³-hybridized carbons (Fsp3) is 0.409. The summed E-state index contributed by atoms with van der Waals surface area (Å²) in [5.41, 5.74) is 0.525. The minimum Gasteiger partial charge on any atom is -0.493 e. The smallest absolute Gasteiger partial charge is 0.261 e. The molecule has 1 amide bonds. The standard InChI is InChI=1S/C22H26N4O2S/c1-2-28-18-13-12-16-10-6-7-11-17(16)19(18)20(27)24-22-26-25-21(29-22)23-14-15-8-4-3-5-9-15/h6-7,10-13,15H,2-5,8-9,14H2,1H3,(H,23,25)(H,24,26,27). The van der Waals surface area contributed by atoms with Crippen LogP contribution in [-0.4, -0.2) is 29.3 Å². The van der Waals surface area contributed by atoms with Gasteiger partial charge in [-0.3, -0.25) is 10.1 Å². The Kier molecular flexibility index (Phi) is 6.24.